The van der Waals surface area contributed by atoms with Gasteiger partial charge in [-0.15, -0.1) is 0 Å². The lowest BCUT2D eigenvalue weighted by Gasteiger charge is -2.12. The van der Waals surface area contributed by atoms with Crippen molar-refractivity contribution in [2.24, 2.45) is 0 Å². The predicted octanol–water partition coefficient (Wildman–Crippen LogP) is -1.10. The summed E-state index contributed by atoms with van der Waals surface area (Å²) >= 11 is 0. The summed E-state index contributed by atoms with van der Waals surface area (Å²) in [7, 11) is 0. The first-order valence-corrected chi connectivity index (χ1v) is 4.68. The maximum atomic E-state index is 11.1. The van der Waals surface area contributed by atoms with Crippen LogP contribution in [0.1, 0.15) is 19.8 Å². The second-order valence-electron chi connectivity index (χ2n) is 3.08. The van der Waals surface area contributed by atoms with Gasteiger partial charge in [0, 0.05) is 12.6 Å². The minimum absolute atomic E-state index is 0.0564. The molecule has 0 saturated carbocycles. The molecule has 6 nitrogen and oxygen atoms in total. The molecule has 1 atom stereocenters. The molecule has 0 bridgehead atoms. The molecular formula is C9H15N3O3. The number of carbonyl (C=O) groups excluding carboxylic acids is 2. The second-order valence-corrected chi connectivity index (χ2v) is 3.08. The van der Waals surface area contributed by atoms with E-state index in [9.17, 15) is 9.59 Å². The molecule has 0 heterocycles. The van der Waals surface area contributed by atoms with Crippen molar-refractivity contribution in [3.63, 3.8) is 0 Å². The topological polar surface area (TPSA) is 102 Å². The number of nitrogens with zero attached hydrogens (tertiary/aromatic N) is 1. The minimum atomic E-state index is -0.813. The van der Waals surface area contributed by atoms with Crippen molar-refractivity contribution in [2.75, 3.05) is 13.2 Å². The van der Waals surface area contributed by atoms with Crippen molar-refractivity contribution in [1.29, 1.82) is 5.26 Å². The number of nitrogens with one attached hydrogen (secondary N) is 2. The van der Waals surface area contributed by atoms with Crippen molar-refractivity contribution < 1.29 is 14.7 Å². The van der Waals surface area contributed by atoms with E-state index in [-0.39, 0.29) is 19.2 Å². The van der Waals surface area contributed by atoms with Crippen molar-refractivity contribution in [2.45, 2.75) is 25.8 Å². The Labute approximate surface area is 88.3 Å². The normalized spacial score (nSPS) is 11.3. The molecule has 6 heteroatoms. The van der Waals surface area contributed by atoms with Crippen LogP contribution in [0, 0.1) is 11.3 Å². The molecule has 0 aromatic carbocycles. The van der Waals surface area contributed by atoms with E-state index in [0.29, 0.717) is 12.8 Å². The smallest absolute Gasteiger partial charge is 0.310 e. The highest BCUT2D eigenvalue weighted by molar-refractivity contribution is 6.35. The Morgan fingerprint density at radius 2 is 2.13 bits per heavy atom. The van der Waals surface area contributed by atoms with Gasteiger partial charge in [-0.2, -0.15) is 5.26 Å². The van der Waals surface area contributed by atoms with Gasteiger partial charge in [0.15, 0.2) is 0 Å². The highest BCUT2D eigenvalue weighted by Crippen LogP contribution is 1.94. The zero-order valence-electron chi connectivity index (χ0n) is 8.62. The lowest BCUT2D eigenvalue weighted by Crippen LogP contribution is -2.43. The van der Waals surface area contributed by atoms with Crippen LogP contribution >= 0.6 is 0 Å². The number of hydrogen-bond acceptors (Lipinski definition) is 4. The zero-order chi connectivity index (χ0) is 11.7. The van der Waals surface area contributed by atoms with Crippen LogP contribution in [0.3, 0.4) is 0 Å². The van der Waals surface area contributed by atoms with E-state index in [1.165, 1.54) is 0 Å². The third-order valence-electron chi connectivity index (χ3n) is 1.71. The van der Waals surface area contributed by atoms with Crippen LogP contribution in [0.4, 0.5) is 0 Å². The average molecular weight is 213 g/mol. The number of hydrogen-bond donors (Lipinski definition) is 3. The molecule has 0 spiro atoms. The van der Waals surface area contributed by atoms with Gasteiger partial charge in [0.05, 0.1) is 6.07 Å². The van der Waals surface area contributed by atoms with Gasteiger partial charge < -0.3 is 15.7 Å². The summed E-state index contributed by atoms with van der Waals surface area (Å²) in [5, 5.41) is 21.3. The Morgan fingerprint density at radius 3 is 2.67 bits per heavy atom. The Balaban J connectivity index is 3.81. The summed E-state index contributed by atoms with van der Waals surface area (Å²) in [5.41, 5.74) is 0. The summed E-state index contributed by atoms with van der Waals surface area (Å²) in [6.45, 7) is 1.61. The molecule has 0 aliphatic carbocycles. The Bertz CT molecular complexity index is 260. The molecule has 0 aromatic heterocycles. The van der Waals surface area contributed by atoms with Crippen LogP contribution in [0.2, 0.25) is 0 Å². The van der Waals surface area contributed by atoms with E-state index >= 15 is 0 Å². The van der Waals surface area contributed by atoms with Gasteiger partial charge in [0.2, 0.25) is 0 Å². The van der Waals surface area contributed by atoms with Gasteiger partial charge in [0.1, 0.15) is 6.54 Å². The second kappa shape index (κ2) is 7.76. The molecule has 84 valence electrons. The zero-order valence-corrected chi connectivity index (χ0v) is 8.62. The summed E-state index contributed by atoms with van der Waals surface area (Å²) < 4.78 is 0. The third-order valence-corrected chi connectivity index (χ3v) is 1.71. The highest BCUT2D eigenvalue weighted by Gasteiger charge is 2.14. The van der Waals surface area contributed by atoms with Crippen LogP contribution in [0.5, 0.6) is 0 Å². The van der Waals surface area contributed by atoms with E-state index in [0.717, 1.165) is 0 Å². The first-order valence-electron chi connectivity index (χ1n) is 4.68. The van der Waals surface area contributed by atoms with Gasteiger partial charge in [-0.25, -0.2) is 0 Å². The number of rotatable bonds is 5. The fourth-order valence-corrected chi connectivity index (χ4v) is 0.959. The lowest BCUT2D eigenvalue weighted by molar-refractivity contribution is -0.139. The summed E-state index contributed by atoms with van der Waals surface area (Å²) in [4.78, 5) is 22.1. The van der Waals surface area contributed by atoms with Crippen LogP contribution in [-0.2, 0) is 9.59 Å². The van der Waals surface area contributed by atoms with E-state index in [1.807, 2.05) is 0 Å². The summed E-state index contributed by atoms with van der Waals surface area (Å²) in [5.74, 6) is -1.57. The van der Waals surface area contributed by atoms with Crippen LogP contribution in [-0.4, -0.2) is 36.1 Å². The van der Waals surface area contributed by atoms with Crippen molar-refractivity contribution >= 4 is 11.8 Å². The maximum Gasteiger partial charge on any atom is 0.310 e. The molecule has 1 unspecified atom stereocenters. The number of amides is 2. The first kappa shape index (κ1) is 13.4. The van der Waals surface area contributed by atoms with Gasteiger partial charge >= 0.3 is 11.8 Å². The fraction of sp³-hybridized carbons (Fsp3) is 0.667. The Morgan fingerprint density at radius 1 is 1.47 bits per heavy atom. The molecule has 0 aromatic rings. The summed E-state index contributed by atoms with van der Waals surface area (Å²) in [6.07, 6.45) is 1.18. The quantitative estimate of drug-likeness (QED) is 0.398. The van der Waals surface area contributed by atoms with Crippen LogP contribution < -0.4 is 10.6 Å². The molecule has 0 saturated heterocycles. The monoisotopic (exact) mass is 213 g/mol. The fourth-order valence-electron chi connectivity index (χ4n) is 0.959. The molecule has 0 radical (unpaired) electrons. The van der Waals surface area contributed by atoms with Gasteiger partial charge in [-0.05, 0) is 19.8 Å². The molecular weight excluding hydrogens is 198 g/mol. The minimum Gasteiger partial charge on any atom is -0.396 e. The molecule has 0 aliphatic rings. The Hall–Kier alpha value is -1.61. The third kappa shape index (κ3) is 6.46. The highest BCUT2D eigenvalue weighted by atomic mass is 16.3. The van der Waals surface area contributed by atoms with Crippen molar-refractivity contribution in [1.82, 2.24) is 10.6 Å². The largest absolute Gasteiger partial charge is 0.396 e. The number of nitriles is 1. The van der Waals surface area contributed by atoms with Gasteiger partial charge in [-0.1, -0.05) is 0 Å². The molecule has 3 N–H and O–H groups in total. The maximum absolute atomic E-state index is 11.1. The standard InChI is InChI=1S/C9H15N3O3/c1-7(3-2-6-13)12-9(15)8(14)11-5-4-10/h7,13H,2-3,5-6H2,1H3,(H,11,14)(H,12,15). The van der Waals surface area contributed by atoms with Crippen molar-refractivity contribution in [3.05, 3.63) is 0 Å². The molecule has 0 aliphatic heterocycles. The van der Waals surface area contributed by atoms with Gasteiger partial charge in [-0.3, -0.25) is 9.59 Å². The number of aliphatic hydroxyl groups is 1. The van der Waals surface area contributed by atoms with E-state index in [4.69, 9.17) is 10.4 Å². The average Bonchev–Trinajstić information content (AvgIpc) is 2.22. The number of aliphatic hydroxyl groups excluding tert-OH is 1. The van der Waals surface area contributed by atoms with Crippen molar-refractivity contribution in [3.8, 4) is 6.07 Å². The molecule has 15 heavy (non-hydrogen) atoms. The van der Waals surface area contributed by atoms with Crippen LogP contribution in [0.25, 0.3) is 0 Å². The molecule has 2 amide bonds. The Kier molecular flexibility index (Phi) is 6.93. The van der Waals surface area contributed by atoms with Gasteiger partial charge in [0.25, 0.3) is 0 Å². The molecule has 0 rings (SSSR count). The predicted molar refractivity (Wildman–Crippen MR) is 52.5 cm³/mol. The van der Waals surface area contributed by atoms with E-state index in [2.05, 4.69) is 10.6 Å². The first-order chi connectivity index (χ1) is 7.11. The summed E-state index contributed by atoms with van der Waals surface area (Å²) in [6, 6.07) is 1.53. The van der Waals surface area contributed by atoms with E-state index < -0.39 is 11.8 Å². The SMILES string of the molecule is CC(CCCO)NC(=O)C(=O)NCC#N. The van der Waals surface area contributed by atoms with E-state index in [1.54, 1.807) is 13.0 Å². The van der Waals surface area contributed by atoms with Crippen LogP contribution in [0.15, 0.2) is 0 Å². The lowest BCUT2D eigenvalue weighted by atomic mass is 10.2. The number of carbonyl (C=O) groups is 2. The molecule has 0 fully saturated rings.